The van der Waals surface area contributed by atoms with Crippen LogP contribution in [0.1, 0.15) is 55.7 Å². The van der Waals surface area contributed by atoms with Crippen LogP contribution in [-0.2, 0) is 5.54 Å². The third kappa shape index (κ3) is 4.20. The van der Waals surface area contributed by atoms with Gasteiger partial charge in [-0.15, -0.1) is 0 Å². The van der Waals surface area contributed by atoms with Crippen molar-refractivity contribution in [2.24, 2.45) is 0 Å². The van der Waals surface area contributed by atoms with Gasteiger partial charge in [0.1, 0.15) is 5.75 Å². The molecular weight excluding hydrogens is 344 g/mol. The fraction of sp³-hybridized carbons (Fsp3) is 0.520. The van der Waals surface area contributed by atoms with Crippen molar-refractivity contribution in [3.63, 3.8) is 0 Å². The Kier molecular flexibility index (Phi) is 6.34. The SMILES string of the molecule is CCCN(c1cc(C)cc(C)c1)C1CCC(c2cccc(O)c2)(N(C)C)CC1. The summed E-state index contributed by atoms with van der Waals surface area (Å²) in [5.74, 6) is 0.365. The van der Waals surface area contributed by atoms with E-state index in [1.54, 1.807) is 6.07 Å². The Hall–Kier alpha value is -2.00. The van der Waals surface area contributed by atoms with Crippen LogP contribution in [0.5, 0.6) is 5.75 Å². The summed E-state index contributed by atoms with van der Waals surface area (Å²) in [7, 11) is 4.36. The Morgan fingerprint density at radius 3 is 2.18 bits per heavy atom. The van der Waals surface area contributed by atoms with Crippen LogP contribution in [0.15, 0.2) is 42.5 Å². The Labute approximate surface area is 171 Å². The van der Waals surface area contributed by atoms with Crippen LogP contribution in [0.4, 0.5) is 5.69 Å². The van der Waals surface area contributed by atoms with Crippen molar-refractivity contribution < 1.29 is 5.11 Å². The number of phenols is 1. The molecule has 28 heavy (non-hydrogen) atoms. The molecule has 0 radical (unpaired) electrons. The lowest BCUT2D eigenvalue weighted by Crippen LogP contribution is -2.49. The lowest BCUT2D eigenvalue weighted by Gasteiger charge is -2.48. The Bertz CT molecular complexity index is 771. The molecule has 0 heterocycles. The number of hydrogen-bond acceptors (Lipinski definition) is 3. The van der Waals surface area contributed by atoms with E-state index < -0.39 is 0 Å². The Balaban J connectivity index is 1.84. The van der Waals surface area contributed by atoms with Gasteiger partial charge in [-0.1, -0.05) is 25.1 Å². The monoisotopic (exact) mass is 380 g/mol. The molecule has 1 N–H and O–H groups in total. The normalized spacial score (nSPS) is 22.4. The number of anilines is 1. The van der Waals surface area contributed by atoms with E-state index in [1.165, 1.54) is 35.2 Å². The molecule has 2 aromatic carbocycles. The summed E-state index contributed by atoms with van der Waals surface area (Å²) in [6.45, 7) is 7.77. The van der Waals surface area contributed by atoms with Crippen molar-refractivity contribution in [1.82, 2.24) is 4.90 Å². The molecule has 3 heteroatoms. The van der Waals surface area contributed by atoms with Crippen molar-refractivity contribution in [3.05, 3.63) is 59.2 Å². The van der Waals surface area contributed by atoms with Gasteiger partial charge < -0.3 is 10.0 Å². The third-order valence-corrected chi connectivity index (χ3v) is 6.47. The van der Waals surface area contributed by atoms with Crippen molar-refractivity contribution in [1.29, 1.82) is 0 Å². The summed E-state index contributed by atoms with van der Waals surface area (Å²) in [4.78, 5) is 5.00. The molecule has 0 saturated heterocycles. The number of nitrogens with zero attached hydrogens (tertiary/aromatic N) is 2. The molecule has 0 bridgehead atoms. The second-order valence-corrected chi connectivity index (χ2v) is 8.75. The molecule has 1 fully saturated rings. The first-order chi connectivity index (χ1) is 13.4. The second-order valence-electron chi connectivity index (χ2n) is 8.75. The van der Waals surface area contributed by atoms with Crippen LogP contribution in [0.3, 0.4) is 0 Å². The highest BCUT2D eigenvalue weighted by Crippen LogP contribution is 2.43. The lowest BCUT2D eigenvalue weighted by atomic mass is 9.73. The molecule has 0 aromatic heterocycles. The van der Waals surface area contributed by atoms with Crippen LogP contribution < -0.4 is 4.90 Å². The summed E-state index contributed by atoms with van der Waals surface area (Å²) < 4.78 is 0. The number of rotatable bonds is 6. The lowest BCUT2D eigenvalue weighted by molar-refractivity contribution is 0.0900. The quantitative estimate of drug-likeness (QED) is 0.704. The molecule has 3 nitrogen and oxygen atoms in total. The first-order valence-electron chi connectivity index (χ1n) is 10.7. The predicted molar refractivity (Wildman–Crippen MR) is 119 cm³/mol. The highest BCUT2D eigenvalue weighted by Gasteiger charge is 2.40. The Morgan fingerprint density at radius 1 is 1.00 bits per heavy atom. The van der Waals surface area contributed by atoms with E-state index in [0.717, 1.165) is 25.8 Å². The van der Waals surface area contributed by atoms with E-state index in [0.29, 0.717) is 11.8 Å². The van der Waals surface area contributed by atoms with Crippen LogP contribution in [-0.4, -0.2) is 36.7 Å². The zero-order valence-electron chi connectivity index (χ0n) is 18.2. The van der Waals surface area contributed by atoms with E-state index >= 15 is 0 Å². The Morgan fingerprint density at radius 2 is 1.64 bits per heavy atom. The molecule has 1 saturated carbocycles. The van der Waals surface area contributed by atoms with Crippen LogP contribution in [0, 0.1) is 13.8 Å². The average Bonchev–Trinajstić information content (AvgIpc) is 2.65. The number of aromatic hydroxyl groups is 1. The van der Waals surface area contributed by atoms with E-state index in [2.05, 4.69) is 68.9 Å². The highest BCUT2D eigenvalue weighted by molar-refractivity contribution is 5.52. The van der Waals surface area contributed by atoms with Crippen molar-refractivity contribution >= 4 is 5.69 Å². The van der Waals surface area contributed by atoms with Gasteiger partial charge in [0.2, 0.25) is 0 Å². The van der Waals surface area contributed by atoms with E-state index in [1.807, 2.05) is 12.1 Å². The molecule has 0 spiro atoms. The van der Waals surface area contributed by atoms with E-state index in [9.17, 15) is 5.11 Å². The van der Waals surface area contributed by atoms with Gasteiger partial charge in [0.05, 0.1) is 0 Å². The van der Waals surface area contributed by atoms with Gasteiger partial charge in [0.25, 0.3) is 0 Å². The fourth-order valence-corrected chi connectivity index (χ4v) is 5.06. The average molecular weight is 381 g/mol. The minimum atomic E-state index is 0.00957. The molecule has 0 amide bonds. The standard InChI is InChI=1S/C25H36N2O/c1-6-14-27(23-16-19(2)15-20(3)17-23)22-10-12-25(13-11-22,26(4)5)21-8-7-9-24(28)18-21/h7-9,15-18,22,28H,6,10-14H2,1-5H3. The van der Waals surface area contributed by atoms with Gasteiger partial charge in [-0.2, -0.15) is 0 Å². The van der Waals surface area contributed by atoms with E-state index in [4.69, 9.17) is 0 Å². The summed E-state index contributed by atoms with van der Waals surface area (Å²) in [6, 6.07) is 15.4. The fourth-order valence-electron chi connectivity index (χ4n) is 5.06. The molecular formula is C25H36N2O. The van der Waals surface area contributed by atoms with Crippen LogP contribution in [0.25, 0.3) is 0 Å². The van der Waals surface area contributed by atoms with Crippen molar-refractivity contribution in [2.45, 2.75) is 64.5 Å². The molecule has 1 aliphatic rings. The van der Waals surface area contributed by atoms with Crippen molar-refractivity contribution in [2.75, 3.05) is 25.5 Å². The maximum Gasteiger partial charge on any atom is 0.115 e. The molecule has 0 aliphatic heterocycles. The number of benzene rings is 2. The molecule has 2 aromatic rings. The smallest absolute Gasteiger partial charge is 0.115 e. The minimum Gasteiger partial charge on any atom is -0.508 e. The van der Waals surface area contributed by atoms with E-state index in [-0.39, 0.29) is 5.54 Å². The predicted octanol–water partition coefficient (Wildman–Crippen LogP) is 5.63. The second kappa shape index (κ2) is 8.57. The number of phenolic OH excluding ortho intramolecular Hbond substituents is 1. The first-order valence-corrected chi connectivity index (χ1v) is 10.7. The number of aryl methyl sites for hydroxylation is 2. The zero-order chi connectivity index (χ0) is 20.3. The van der Waals surface area contributed by atoms with Gasteiger partial charge in [-0.3, -0.25) is 4.90 Å². The summed E-state index contributed by atoms with van der Waals surface area (Å²) in [5, 5.41) is 10.0. The largest absolute Gasteiger partial charge is 0.508 e. The molecule has 1 aliphatic carbocycles. The maximum absolute atomic E-state index is 10.0. The van der Waals surface area contributed by atoms with Gasteiger partial charge in [-0.25, -0.2) is 0 Å². The molecule has 0 atom stereocenters. The number of hydrogen-bond donors (Lipinski definition) is 1. The molecule has 3 rings (SSSR count). The van der Waals surface area contributed by atoms with Crippen LogP contribution >= 0.6 is 0 Å². The topological polar surface area (TPSA) is 26.7 Å². The van der Waals surface area contributed by atoms with Gasteiger partial charge >= 0.3 is 0 Å². The van der Waals surface area contributed by atoms with Crippen LogP contribution in [0.2, 0.25) is 0 Å². The summed E-state index contributed by atoms with van der Waals surface area (Å²) >= 11 is 0. The van der Waals surface area contributed by atoms with Gasteiger partial charge in [0.15, 0.2) is 0 Å². The molecule has 152 valence electrons. The third-order valence-electron chi connectivity index (χ3n) is 6.47. The first kappa shape index (κ1) is 20.7. The summed E-state index contributed by atoms with van der Waals surface area (Å²) in [5.41, 5.74) is 5.31. The zero-order valence-corrected chi connectivity index (χ0v) is 18.2. The minimum absolute atomic E-state index is 0.00957. The highest BCUT2D eigenvalue weighted by atomic mass is 16.3. The molecule has 0 unspecified atom stereocenters. The van der Waals surface area contributed by atoms with Gasteiger partial charge in [0, 0.05) is 23.8 Å². The maximum atomic E-state index is 10.0. The van der Waals surface area contributed by atoms with Crippen molar-refractivity contribution in [3.8, 4) is 5.75 Å². The summed E-state index contributed by atoms with van der Waals surface area (Å²) in [6.07, 6.45) is 5.72. The van der Waals surface area contributed by atoms with Gasteiger partial charge in [-0.05, 0) is 101 Å².